The number of rotatable bonds is 3. The molecule has 1 saturated carbocycles. The van der Waals surface area contributed by atoms with Crippen molar-refractivity contribution in [2.75, 3.05) is 13.7 Å². The van der Waals surface area contributed by atoms with Crippen LogP contribution in [0.15, 0.2) is 29.2 Å². The van der Waals surface area contributed by atoms with Crippen LogP contribution in [0.5, 0.6) is 0 Å². The van der Waals surface area contributed by atoms with Gasteiger partial charge >= 0.3 is 5.97 Å². The molecule has 1 heterocycles. The van der Waals surface area contributed by atoms with Gasteiger partial charge < -0.3 is 4.74 Å². The molecule has 1 saturated heterocycles. The van der Waals surface area contributed by atoms with Crippen molar-refractivity contribution in [1.82, 2.24) is 4.31 Å². The molecule has 6 heteroatoms. The first kappa shape index (κ1) is 17.4. The van der Waals surface area contributed by atoms with Gasteiger partial charge in [0.1, 0.15) is 0 Å². The Balaban J connectivity index is 1.96. The number of esters is 1. The number of hydrogen-bond donors (Lipinski definition) is 0. The van der Waals surface area contributed by atoms with Crippen LogP contribution in [0.2, 0.25) is 0 Å². The average molecular weight is 351 g/mol. The number of ether oxygens (including phenoxy) is 1. The zero-order chi connectivity index (χ0) is 17.8. The zero-order valence-corrected chi connectivity index (χ0v) is 15.5. The van der Waals surface area contributed by atoms with Gasteiger partial charge in [0.2, 0.25) is 10.0 Å². The maximum Gasteiger partial charge on any atom is 0.337 e. The Labute approximate surface area is 144 Å². The smallest absolute Gasteiger partial charge is 0.337 e. The van der Waals surface area contributed by atoms with Gasteiger partial charge in [0.25, 0.3) is 0 Å². The van der Waals surface area contributed by atoms with Gasteiger partial charge in [0.15, 0.2) is 0 Å². The summed E-state index contributed by atoms with van der Waals surface area (Å²) in [4.78, 5) is 11.9. The van der Waals surface area contributed by atoms with Crippen LogP contribution in [-0.4, -0.2) is 38.4 Å². The summed E-state index contributed by atoms with van der Waals surface area (Å²) in [5.41, 5.74) is 0.433. The first-order chi connectivity index (χ1) is 11.1. The lowest BCUT2D eigenvalue weighted by Gasteiger charge is -2.39. The van der Waals surface area contributed by atoms with Crippen LogP contribution in [0, 0.1) is 10.8 Å². The lowest BCUT2D eigenvalue weighted by atomic mass is 9.65. The monoisotopic (exact) mass is 351 g/mol. The maximum atomic E-state index is 13.2. The molecule has 132 valence electrons. The fourth-order valence-electron chi connectivity index (χ4n) is 4.73. The van der Waals surface area contributed by atoms with Crippen LogP contribution in [0.3, 0.4) is 0 Å². The van der Waals surface area contributed by atoms with E-state index in [1.807, 2.05) is 0 Å². The van der Waals surface area contributed by atoms with Gasteiger partial charge in [0.05, 0.1) is 17.6 Å². The van der Waals surface area contributed by atoms with Crippen molar-refractivity contribution in [3.63, 3.8) is 0 Å². The van der Waals surface area contributed by atoms with Gasteiger partial charge in [-0.25, -0.2) is 13.2 Å². The summed E-state index contributed by atoms with van der Waals surface area (Å²) < 4.78 is 32.7. The second-order valence-electron chi connectivity index (χ2n) is 8.28. The van der Waals surface area contributed by atoms with Gasteiger partial charge in [-0.1, -0.05) is 26.8 Å². The third-order valence-electron chi connectivity index (χ3n) is 5.23. The largest absolute Gasteiger partial charge is 0.465 e. The Hall–Kier alpha value is -1.40. The standard InChI is InChI=1S/C18H25NO4S/c1-17(2)9-14-10-18(3,11-17)12-19(14)24(21,22)15-7-5-6-13(8-15)16(20)23-4/h5-8,14H,9-12H2,1-4H3. The van der Waals surface area contributed by atoms with E-state index in [4.69, 9.17) is 4.74 Å². The number of sulfonamides is 1. The van der Waals surface area contributed by atoms with Crippen LogP contribution < -0.4 is 0 Å². The molecule has 1 aliphatic heterocycles. The lowest BCUT2D eigenvalue weighted by molar-refractivity contribution is 0.0600. The average Bonchev–Trinajstić information content (AvgIpc) is 2.76. The first-order valence-corrected chi connectivity index (χ1v) is 9.71. The Morgan fingerprint density at radius 3 is 2.62 bits per heavy atom. The van der Waals surface area contributed by atoms with Gasteiger partial charge in [-0.2, -0.15) is 4.31 Å². The lowest BCUT2D eigenvalue weighted by Crippen LogP contribution is -2.37. The normalized spacial score (nSPS) is 29.4. The summed E-state index contributed by atoms with van der Waals surface area (Å²) in [6, 6.07) is 6.16. The number of hydrogen-bond acceptors (Lipinski definition) is 4. The summed E-state index contributed by atoms with van der Waals surface area (Å²) in [7, 11) is -2.33. The van der Waals surface area contributed by atoms with E-state index < -0.39 is 16.0 Å². The molecule has 3 rings (SSSR count). The van der Waals surface area contributed by atoms with Crippen molar-refractivity contribution in [2.45, 2.75) is 51.0 Å². The van der Waals surface area contributed by atoms with Crippen molar-refractivity contribution in [2.24, 2.45) is 10.8 Å². The van der Waals surface area contributed by atoms with E-state index in [9.17, 15) is 13.2 Å². The van der Waals surface area contributed by atoms with Gasteiger partial charge in [-0.15, -0.1) is 0 Å². The highest BCUT2D eigenvalue weighted by atomic mass is 32.2. The molecule has 2 atom stereocenters. The summed E-state index contributed by atoms with van der Waals surface area (Å²) in [5.74, 6) is -0.527. The highest BCUT2D eigenvalue weighted by Gasteiger charge is 2.53. The molecule has 0 spiro atoms. The van der Waals surface area contributed by atoms with Crippen molar-refractivity contribution in [3.8, 4) is 0 Å². The third kappa shape index (κ3) is 2.97. The maximum absolute atomic E-state index is 13.2. The van der Waals surface area contributed by atoms with E-state index in [0.717, 1.165) is 19.3 Å². The van der Waals surface area contributed by atoms with Crippen molar-refractivity contribution in [1.29, 1.82) is 0 Å². The van der Waals surface area contributed by atoms with E-state index in [1.165, 1.54) is 13.2 Å². The Bertz CT molecular complexity index is 771. The Morgan fingerprint density at radius 2 is 1.96 bits per heavy atom. The van der Waals surface area contributed by atoms with Crippen molar-refractivity contribution in [3.05, 3.63) is 29.8 Å². The molecule has 2 fully saturated rings. The minimum Gasteiger partial charge on any atom is -0.465 e. The molecule has 2 aliphatic rings. The number of nitrogens with zero attached hydrogens (tertiary/aromatic N) is 1. The minimum atomic E-state index is -3.62. The second kappa shape index (κ2) is 5.56. The van der Waals surface area contributed by atoms with E-state index in [0.29, 0.717) is 6.54 Å². The summed E-state index contributed by atoms with van der Waals surface area (Å²) in [6.45, 7) is 7.16. The highest BCUT2D eigenvalue weighted by molar-refractivity contribution is 7.89. The topological polar surface area (TPSA) is 63.7 Å². The van der Waals surface area contributed by atoms with E-state index in [2.05, 4.69) is 20.8 Å². The molecular weight excluding hydrogens is 326 g/mol. The molecule has 5 nitrogen and oxygen atoms in total. The number of methoxy groups -OCH3 is 1. The fourth-order valence-corrected chi connectivity index (χ4v) is 6.55. The number of carbonyl (C=O) groups excluding carboxylic acids is 1. The van der Waals surface area contributed by atoms with Crippen LogP contribution >= 0.6 is 0 Å². The molecule has 1 aliphatic carbocycles. The molecule has 0 amide bonds. The van der Waals surface area contributed by atoms with E-state index in [1.54, 1.807) is 22.5 Å². The summed E-state index contributed by atoms with van der Waals surface area (Å²) in [5, 5.41) is 0. The van der Waals surface area contributed by atoms with Crippen LogP contribution in [0.4, 0.5) is 0 Å². The fraction of sp³-hybridized carbons (Fsp3) is 0.611. The Kier molecular flexibility index (Phi) is 4.04. The molecule has 2 unspecified atom stereocenters. The molecule has 1 aromatic carbocycles. The summed E-state index contributed by atoms with van der Waals surface area (Å²) >= 11 is 0. The molecule has 2 bridgehead atoms. The first-order valence-electron chi connectivity index (χ1n) is 8.27. The zero-order valence-electron chi connectivity index (χ0n) is 14.7. The molecule has 0 N–H and O–H groups in total. The van der Waals surface area contributed by atoms with Gasteiger partial charge in [-0.3, -0.25) is 0 Å². The Morgan fingerprint density at radius 1 is 1.25 bits per heavy atom. The molecule has 0 radical (unpaired) electrons. The summed E-state index contributed by atoms with van der Waals surface area (Å²) in [6.07, 6.45) is 2.82. The minimum absolute atomic E-state index is 0.0272. The quantitative estimate of drug-likeness (QED) is 0.785. The predicted molar refractivity (Wildman–Crippen MR) is 91.2 cm³/mol. The second-order valence-corrected chi connectivity index (χ2v) is 10.2. The number of benzene rings is 1. The molecule has 24 heavy (non-hydrogen) atoms. The highest BCUT2D eigenvalue weighted by Crippen LogP contribution is 2.53. The van der Waals surface area contributed by atoms with E-state index in [-0.39, 0.29) is 27.3 Å². The van der Waals surface area contributed by atoms with Crippen molar-refractivity contribution >= 4 is 16.0 Å². The van der Waals surface area contributed by atoms with E-state index >= 15 is 0 Å². The molecule has 1 aromatic rings. The van der Waals surface area contributed by atoms with Crippen LogP contribution in [-0.2, 0) is 14.8 Å². The SMILES string of the molecule is COC(=O)c1cccc(S(=O)(=O)N2CC3(C)CC2CC(C)(C)C3)c1. The third-order valence-corrected chi connectivity index (χ3v) is 7.12. The molecular formula is C18H25NO4S. The number of fused-ring (bicyclic) bond motifs is 2. The number of carbonyl (C=O) groups is 1. The van der Waals surface area contributed by atoms with Crippen molar-refractivity contribution < 1.29 is 17.9 Å². The van der Waals surface area contributed by atoms with Gasteiger partial charge in [0, 0.05) is 12.6 Å². The van der Waals surface area contributed by atoms with Gasteiger partial charge in [-0.05, 0) is 48.3 Å². The van der Waals surface area contributed by atoms with Crippen LogP contribution in [0.1, 0.15) is 50.4 Å². The molecule has 0 aromatic heterocycles. The van der Waals surface area contributed by atoms with Crippen LogP contribution in [0.25, 0.3) is 0 Å². The predicted octanol–water partition coefficient (Wildman–Crippen LogP) is 3.06.